The lowest BCUT2D eigenvalue weighted by Gasteiger charge is -2.37. The Bertz CT molecular complexity index is 982. The van der Waals surface area contributed by atoms with Crippen molar-refractivity contribution in [1.29, 1.82) is 0 Å². The fourth-order valence-corrected chi connectivity index (χ4v) is 4.77. The highest BCUT2D eigenvalue weighted by Gasteiger charge is 2.34. The highest BCUT2D eigenvalue weighted by Crippen LogP contribution is 2.38. The summed E-state index contributed by atoms with van der Waals surface area (Å²) in [4.78, 5) is 28.3. The minimum absolute atomic E-state index is 0.0162. The molecule has 7 heteroatoms. The van der Waals surface area contributed by atoms with E-state index in [1.807, 2.05) is 18.6 Å². The van der Waals surface area contributed by atoms with Crippen LogP contribution < -0.4 is 10.2 Å². The van der Waals surface area contributed by atoms with E-state index in [0.29, 0.717) is 0 Å². The van der Waals surface area contributed by atoms with Gasteiger partial charge in [0.15, 0.2) is 0 Å². The molecule has 2 aliphatic rings. The van der Waals surface area contributed by atoms with Gasteiger partial charge < -0.3 is 14.8 Å². The Labute approximate surface area is 176 Å². The van der Waals surface area contributed by atoms with E-state index in [-0.39, 0.29) is 23.9 Å². The maximum Gasteiger partial charge on any atom is 0.225 e. The van der Waals surface area contributed by atoms with Gasteiger partial charge in [-0.25, -0.2) is 15.0 Å². The first-order valence-corrected chi connectivity index (χ1v) is 10.7. The molecule has 1 fully saturated rings. The van der Waals surface area contributed by atoms with Gasteiger partial charge in [0.1, 0.15) is 0 Å². The van der Waals surface area contributed by atoms with Gasteiger partial charge in [-0.1, -0.05) is 24.3 Å². The number of piperidine rings is 1. The molecule has 0 saturated carbocycles. The van der Waals surface area contributed by atoms with Crippen molar-refractivity contribution in [3.05, 3.63) is 72.6 Å². The molecule has 0 radical (unpaired) electrons. The molecule has 1 aliphatic heterocycles. The SMILES string of the molecule is O=C(N[C@@H]1c2ccccc2CC[C@@H]1n1ccnc1)C1CCN(c2ncccn2)CC1. The zero-order chi connectivity index (χ0) is 20.3. The maximum absolute atomic E-state index is 13.2. The molecule has 0 bridgehead atoms. The third kappa shape index (κ3) is 3.67. The maximum atomic E-state index is 13.2. The van der Waals surface area contributed by atoms with E-state index in [4.69, 9.17) is 0 Å². The molecule has 0 unspecified atom stereocenters. The smallest absolute Gasteiger partial charge is 0.225 e. The average molecular weight is 403 g/mol. The van der Waals surface area contributed by atoms with Crippen LogP contribution in [0.2, 0.25) is 0 Å². The Morgan fingerprint density at radius 2 is 1.80 bits per heavy atom. The van der Waals surface area contributed by atoms with Gasteiger partial charge in [0.2, 0.25) is 11.9 Å². The molecule has 3 aromatic rings. The van der Waals surface area contributed by atoms with Crippen LogP contribution in [0.1, 0.15) is 42.5 Å². The Hall–Kier alpha value is -3.22. The van der Waals surface area contributed by atoms with Gasteiger partial charge >= 0.3 is 0 Å². The molecule has 1 N–H and O–H groups in total. The highest BCUT2D eigenvalue weighted by molar-refractivity contribution is 5.79. The van der Waals surface area contributed by atoms with Crippen molar-refractivity contribution in [1.82, 2.24) is 24.8 Å². The molecule has 1 aromatic carbocycles. The van der Waals surface area contributed by atoms with Crippen LogP contribution in [0, 0.1) is 5.92 Å². The summed E-state index contributed by atoms with van der Waals surface area (Å²) in [6.45, 7) is 1.60. The number of nitrogens with zero attached hydrogens (tertiary/aromatic N) is 5. The largest absolute Gasteiger partial charge is 0.347 e. The first-order chi connectivity index (χ1) is 14.8. The molecular weight excluding hydrogens is 376 g/mol. The Kier molecular flexibility index (Phi) is 5.17. The Balaban J connectivity index is 1.30. The van der Waals surface area contributed by atoms with E-state index < -0.39 is 0 Å². The van der Waals surface area contributed by atoms with E-state index in [0.717, 1.165) is 44.7 Å². The van der Waals surface area contributed by atoms with Gasteiger partial charge in [-0.05, 0) is 42.9 Å². The quantitative estimate of drug-likeness (QED) is 0.726. The molecule has 5 rings (SSSR count). The molecule has 7 nitrogen and oxygen atoms in total. The highest BCUT2D eigenvalue weighted by atomic mass is 16.2. The number of anilines is 1. The molecule has 154 valence electrons. The lowest BCUT2D eigenvalue weighted by molar-refractivity contribution is -0.126. The summed E-state index contributed by atoms with van der Waals surface area (Å²) in [5.74, 6) is 0.913. The molecule has 1 amide bonds. The molecular formula is C23H26N6O. The van der Waals surface area contributed by atoms with Crippen LogP contribution in [0.4, 0.5) is 5.95 Å². The number of nitrogens with one attached hydrogen (secondary N) is 1. The van der Waals surface area contributed by atoms with Crippen molar-refractivity contribution in [2.24, 2.45) is 5.92 Å². The van der Waals surface area contributed by atoms with Gasteiger partial charge in [-0.3, -0.25) is 4.79 Å². The monoisotopic (exact) mass is 402 g/mol. The molecule has 2 aromatic heterocycles. The molecule has 2 atom stereocenters. The summed E-state index contributed by atoms with van der Waals surface area (Å²) < 4.78 is 2.14. The van der Waals surface area contributed by atoms with Crippen molar-refractivity contribution >= 4 is 11.9 Å². The second-order valence-corrected chi connectivity index (χ2v) is 8.11. The van der Waals surface area contributed by atoms with Gasteiger partial charge in [-0.2, -0.15) is 0 Å². The predicted octanol–water partition coefficient (Wildman–Crippen LogP) is 2.93. The van der Waals surface area contributed by atoms with Crippen LogP contribution in [0.3, 0.4) is 0 Å². The van der Waals surface area contributed by atoms with Crippen molar-refractivity contribution in [2.75, 3.05) is 18.0 Å². The second-order valence-electron chi connectivity index (χ2n) is 8.11. The minimum Gasteiger partial charge on any atom is -0.347 e. The summed E-state index contributed by atoms with van der Waals surface area (Å²) in [6.07, 6.45) is 12.8. The number of aromatic nitrogens is 4. The number of benzene rings is 1. The number of rotatable bonds is 4. The lowest BCUT2D eigenvalue weighted by Crippen LogP contribution is -2.44. The number of imidazole rings is 1. The van der Waals surface area contributed by atoms with Gasteiger partial charge in [0.25, 0.3) is 0 Å². The first kappa shape index (κ1) is 18.8. The number of hydrogen-bond acceptors (Lipinski definition) is 5. The summed E-state index contributed by atoms with van der Waals surface area (Å²) >= 11 is 0. The summed E-state index contributed by atoms with van der Waals surface area (Å²) in [5.41, 5.74) is 2.56. The topological polar surface area (TPSA) is 75.9 Å². The van der Waals surface area contributed by atoms with Crippen molar-refractivity contribution < 1.29 is 4.79 Å². The van der Waals surface area contributed by atoms with E-state index in [1.54, 1.807) is 18.6 Å². The number of fused-ring (bicyclic) bond motifs is 1. The van der Waals surface area contributed by atoms with Gasteiger partial charge in [0.05, 0.1) is 18.4 Å². The van der Waals surface area contributed by atoms with Crippen molar-refractivity contribution in [3.63, 3.8) is 0 Å². The van der Waals surface area contributed by atoms with Crippen LogP contribution in [0.15, 0.2) is 61.4 Å². The third-order valence-electron chi connectivity index (χ3n) is 6.39. The molecule has 1 saturated heterocycles. The predicted molar refractivity (Wildman–Crippen MR) is 114 cm³/mol. The molecule has 0 spiro atoms. The zero-order valence-electron chi connectivity index (χ0n) is 16.9. The van der Waals surface area contributed by atoms with Crippen molar-refractivity contribution in [3.8, 4) is 0 Å². The normalized spacial score (nSPS) is 21.8. The van der Waals surface area contributed by atoms with E-state index in [9.17, 15) is 4.79 Å². The van der Waals surface area contributed by atoms with E-state index >= 15 is 0 Å². The summed E-state index contributed by atoms with van der Waals surface area (Å²) in [6, 6.07) is 10.4. The lowest BCUT2D eigenvalue weighted by atomic mass is 9.83. The second kappa shape index (κ2) is 8.26. The van der Waals surface area contributed by atoms with Crippen LogP contribution in [0.25, 0.3) is 0 Å². The summed E-state index contributed by atoms with van der Waals surface area (Å²) in [5, 5.41) is 3.40. The number of carbonyl (C=O) groups is 1. The third-order valence-corrected chi connectivity index (χ3v) is 6.39. The number of amides is 1. The average Bonchev–Trinajstić information content (AvgIpc) is 3.35. The van der Waals surface area contributed by atoms with Crippen LogP contribution in [0.5, 0.6) is 0 Å². The minimum atomic E-state index is -0.0351. The molecule has 1 aliphatic carbocycles. The Morgan fingerprint density at radius 3 is 2.57 bits per heavy atom. The van der Waals surface area contributed by atoms with E-state index in [2.05, 4.69) is 54.0 Å². The number of carbonyl (C=O) groups excluding carboxylic acids is 1. The van der Waals surface area contributed by atoms with Crippen molar-refractivity contribution in [2.45, 2.75) is 37.8 Å². The van der Waals surface area contributed by atoms with Gasteiger partial charge in [0, 0.05) is 43.8 Å². The Morgan fingerprint density at radius 1 is 1.00 bits per heavy atom. The molecule has 30 heavy (non-hydrogen) atoms. The van der Waals surface area contributed by atoms with E-state index in [1.165, 1.54) is 11.1 Å². The number of aryl methyl sites for hydroxylation is 1. The van der Waals surface area contributed by atoms with Crippen LogP contribution in [-0.2, 0) is 11.2 Å². The molecule has 3 heterocycles. The van der Waals surface area contributed by atoms with Crippen LogP contribution >= 0.6 is 0 Å². The number of hydrogen-bond donors (Lipinski definition) is 1. The fourth-order valence-electron chi connectivity index (χ4n) is 4.77. The zero-order valence-corrected chi connectivity index (χ0v) is 16.9. The summed E-state index contributed by atoms with van der Waals surface area (Å²) in [7, 11) is 0. The van der Waals surface area contributed by atoms with Crippen LogP contribution in [-0.4, -0.2) is 38.5 Å². The van der Waals surface area contributed by atoms with Gasteiger partial charge in [-0.15, -0.1) is 0 Å². The fraction of sp³-hybridized carbons (Fsp3) is 0.391. The first-order valence-electron chi connectivity index (χ1n) is 10.7. The standard InChI is InChI=1S/C23H26N6O/c30-22(18-8-13-28(14-9-18)23-25-10-3-11-26-23)27-21-19-5-2-1-4-17(19)6-7-20(21)29-15-12-24-16-29/h1-5,10-12,15-16,18,20-21H,6-9,13-14H2,(H,27,30)/t20-,21+/m0/s1.